The van der Waals surface area contributed by atoms with Gasteiger partial charge in [0.15, 0.2) is 0 Å². The second-order valence-corrected chi connectivity index (χ2v) is 10.2. The van der Waals surface area contributed by atoms with Crippen LogP contribution in [0.3, 0.4) is 0 Å². The maximum Gasteiger partial charge on any atom is 0.328 e. The van der Waals surface area contributed by atoms with E-state index in [-0.39, 0.29) is 18.4 Å². The molecule has 0 aliphatic carbocycles. The molecule has 0 heterocycles. The molecule has 6 heteroatoms. The Morgan fingerprint density at radius 2 is 1.32 bits per heavy atom. The highest BCUT2D eigenvalue weighted by Crippen LogP contribution is 2.13. The van der Waals surface area contributed by atoms with Crippen LogP contribution in [0.5, 0.6) is 0 Å². The van der Waals surface area contributed by atoms with Gasteiger partial charge in [-0.05, 0) is 31.2 Å². The van der Waals surface area contributed by atoms with Crippen molar-refractivity contribution in [2.45, 2.75) is 136 Å². The lowest BCUT2D eigenvalue weighted by Crippen LogP contribution is -2.41. The molecule has 2 amide bonds. The molecule has 1 rings (SSSR count). The lowest BCUT2D eigenvalue weighted by molar-refractivity contribution is -0.149. The molecule has 0 bridgehead atoms. The topological polar surface area (TPSA) is 84.5 Å². The highest BCUT2D eigenvalue weighted by molar-refractivity contribution is 5.84. The zero-order chi connectivity index (χ0) is 27.0. The Morgan fingerprint density at radius 3 is 1.89 bits per heavy atom. The Kier molecular flexibility index (Phi) is 20.1. The predicted molar refractivity (Wildman–Crippen MR) is 151 cm³/mol. The average molecular weight is 517 g/mol. The van der Waals surface area contributed by atoms with Crippen LogP contribution < -0.4 is 10.6 Å². The minimum Gasteiger partial charge on any atom is -0.459 e. The predicted octanol–water partition coefficient (Wildman–Crippen LogP) is 7.00. The molecule has 0 saturated heterocycles. The molecule has 0 spiro atoms. The number of benzene rings is 1. The summed E-state index contributed by atoms with van der Waals surface area (Å²) >= 11 is 0. The minimum absolute atomic E-state index is 0.0649. The first-order chi connectivity index (χ1) is 18.0. The fraction of sp³-hybridized carbons (Fsp3) is 0.710. The number of rotatable bonds is 23. The van der Waals surface area contributed by atoms with Crippen molar-refractivity contribution in [3.8, 4) is 0 Å². The van der Waals surface area contributed by atoms with Gasteiger partial charge in [0.25, 0.3) is 0 Å². The molecule has 37 heavy (non-hydrogen) atoms. The Morgan fingerprint density at radius 1 is 0.757 bits per heavy atom. The van der Waals surface area contributed by atoms with Crippen LogP contribution in [0.25, 0.3) is 0 Å². The highest BCUT2D eigenvalue weighted by Gasteiger charge is 2.22. The van der Waals surface area contributed by atoms with Gasteiger partial charge in [0, 0.05) is 19.9 Å². The molecule has 6 nitrogen and oxygen atoms in total. The van der Waals surface area contributed by atoms with E-state index in [9.17, 15) is 14.4 Å². The van der Waals surface area contributed by atoms with Crippen molar-refractivity contribution in [3.63, 3.8) is 0 Å². The largest absolute Gasteiger partial charge is 0.459 e. The van der Waals surface area contributed by atoms with Crippen LogP contribution in [0.2, 0.25) is 0 Å². The monoisotopic (exact) mass is 516 g/mol. The zero-order valence-electron chi connectivity index (χ0n) is 23.5. The van der Waals surface area contributed by atoms with Crippen LogP contribution in [-0.2, 0) is 25.7 Å². The van der Waals surface area contributed by atoms with E-state index in [4.69, 9.17) is 4.74 Å². The number of nitrogens with one attached hydrogen (secondary N) is 2. The normalized spacial score (nSPS) is 11.6. The van der Waals surface area contributed by atoms with Crippen molar-refractivity contribution < 1.29 is 19.1 Å². The summed E-state index contributed by atoms with van der Waals surface area (Å²) in [6, 6.07) is 8.88. The van der Waals surface area contributed by atoms with Gasteiger partial charge >= 0.3 is 5.97 Å². The maximum absolute atomic E-state index is 12.7. The van der Waals surface area contributed by atoms with Crippen LogP contribution in [0.15, 0.2) is 30.3 Å². The van der Waals surface area contributed by atoms with E-state index in [1.54, 1.807) is 0 Å². The highest BCUT2D eigenvalue weighted by atomic mass is 16.5. The van der Waals surface area contributed by atoms with Crippen molar-refractivity contribution in [2.24, 2.45) is 0 Å². The quantitative estimate of drug-likeness (QED) is 0.121. The lowest BCUT2D eigenvalue weighted by atomic mass is 10.0. The molecular formula is C31H52N2O4. The van der Waals surface area contributed by atoms with Gasteiger partial charge in [-0.1, -0.05) is 114 Å². The van der Waals surface area contributed by atoms with Gasteiger partial charge in [0.05, 0.1) is 0 Å². The zero-order valence-corrected chi connectivity index (χ0v) is 23.5. The molecule has 0 saturated carbocycles. The lowest BCUT2D eigenvalue weighted by Gasteiger charge is -2.18. The molecule has 1 aromatic rings. The third-order valence-electron chi connectivity index (χ3n) is 6.64. The van der Waals surface area contributed by atoms with Gasteiger partial charge in [0.1, 0.15) is 12.6 Å². The molecule has 0 aliphatic rings. The average Bonchev–Trinajstić information content (AvgIpc) is 2.89. The second-order valence-electron chi connectivity index (χ2n) is 10.2. The molecule has 0 fully saturated rings. The Balaban J connectivity index is 2.23. The summed E-state index contributed by atoms with van der Waals surface area (Å²) in [4.78, 5) is 36.3. The summed E-state index contributed by atoms with van der Waals surface area (Å²) in [6.45, 7) is 4.50. The number of hydrogen-bond acceptors (Lipinski definition) is 4. The molecular weight excluding hydrogens is 464 g/mol. The summed E-state index contributed by atoms with van der Waals surface area (Å²) in [5.41, 5.74) is 0.915. The molecule has 0 aliphatic heterocycles. The van der Waals surface area contributed by atoms with Crippen molar-refractivity contribution >= 4 is 17.8 Å². The minimum atomic E-state index is -0.657. The SMILES string of the molecule is CCCCCCCCCCCCCCCC(=O)NC(CCCCNC(C)=O)C(=O)OCc1ccccc1. The van der Waals surface area contributed by atoms with Gasteiger partial charge in [-0.2, -0.15) is 0 Å². The molecule has 1 atom stereocenters. The number of esters is 1. The van der Waals surface area contributed by atoms with Gasteiger partial charge in [0.2, 0.25) is 11.8 Å². The van der Waals surface area contributed by atoms with Gasteiger partial charge in [-0.3, -0.25) is 9.59 Å². The summed E-state index contributed by atoms with van der Waals surface area (Å²) in [7, 11) is 0. The summed E-state index contributed by atoms with van der Waals surface area (Å²) < 4.78 is 5.49. The molecule has 2 N–H and O–H groups in total. The van der Waals surface area contributed by atoms with Crippen LogP contribution in [0.1, 0.15) is 129 Å². The number of hydrogen-bond donors (Lipinski definition) is 2. The van der Waals surface area contributed by atoms with E-state index in [0.717, 1.165) is 31.2 Å². The summed E-state index contributed by atoms with van der Waals surface area (Å²) in [6.07, 6.45) is 18.8. The molecule has 1 aromatic carbocycles. The van der Waals surface area contributed by atoms with E-state index in [1.807, 2.05) is 30.3 Å². The van der Waals surface area contributed by atoms with Crippen LogP contribution in [0.4, 0.5) is 0 Å². The van der Waals surface area contributed by atoms with Crippen molar-refractivity contribution in [3.05, 3.63) is 35.9 Å². The van der Waals surface area contributed by atoms with E-state index < -0.39 is 12.0 Å². The maximum atomic E-state index is 12.7. The third-order valence-corrected chi connectivity index (χ3v) is 6.64. The van der Waals surface area contributed by atoms with Gasteiger partial charge in [-0.25, -0.2) is 4.79 Å². The Bertz CT molecular complexity index is 723. The fourth-order valence-corrected chi connectivity index (χ4v) is 4.39. The fourth-order valence-electron chi connectivity index (χ4n) is 4.39. The first-order valence-corrected chi connectivity index (χ1v) is 14.8. The third kappa shape index (κ3) is 19.4. The number of amides is 2. The smallest absolute Gasteiger partial charge is 0.328 e. The molecule has 210 valence electrons. The number of unbranched alkanes of at least 4 members (excludes halogenated alkanes) is 13. The summed E-state index contributed by atoms with van der Waals surface area (Å²) in [5.74, 6) is -0.557. The van der Waals surface area contributed by atoms with E-state index in [0.29, 0.717) is 25.8 Å². The van der Waals surface area contributed by atoms with Crippen LogP contribution in [0, 0.1) is 0 Å². The number of ether oxygens (including phenoxy) is 1. The van der Waals surface area contributed by atoms with E-state index in [2.05, 4.69) is 17.6 Å². The Hall–Kier alpha value is -2.37. The second kappa shape index (κ2) is 22.8. The van der Waals surface area contributed by atoms with Gasteiger partial charge in [-0.15, -0.1) is 0 Å². The Labute approximate surface area is 225 Å². The van der Waals surface area contributed by atoms with Crippen molar-refractivity contribution in [1.29, 1.82) is 0 Å². The molecule has 1 unspecified atom stereocenters. The molecule has 0 radical (unpaired) electrons. The van der Waals surface area contributed by atoms with Crippen LogP contribution in [-0.4, -0.2) is 30.4 Å². The van der Waals surface area contributed by atoms with E-state index in [1.165, 1.54) is 71.1 Å². The first-order valence-electron chi connectivity index (χ1n) is 14.8. The van der Waals surface area contributed by atoms with Crippen molar-refractivity contribution in [2.75, 3.05) is 6.54 Å². The number of carbonyl (C=O) groups is 3. The number of carbonyl (C=O) groups excluding carboxylic acids is 3. The van der Waals surface area contributed by atoms with Gasteiger partial charge < -0.3 is 15.4 Å². The van der Waals surface area contributed by atoms with Crippen molar-refractivity contribution in [1.82, 2.24) is 10.6 Å². The van der Waals surface area contributed by atoms with E-state index >= 15 is 0 Å². The summed E-state index contributed by atoms with van der Waals surface area (Å²) in [5, 5.41) is 5.66. The molecule has 0 aromatic heterocycles. The van der Waals surface area contributed by atoms with Crippen LogP contribution >= 0.6 is 0 Å². The first kappa shape index (κ1) is 32.7. The standard InChI is InChI=1S/C31H52N2O4/c1-3-4-5-6-7-8-9-10-11-12-13-14-18-24-30(35)33-29(23-19-20-25-32-27(2)34)31(36)37-26-28-21-16-15-17-22-28/h15-17,21-22,29H,3-14,18-20,23-26H2,1-2H3,(H,32,34)(H,33,35).